The molecule has 0 N–H and O–H groups in total. The van der Waals surface area contributed by atoms with Crippen molar-refractivity contribution in [2.45, 2.75) is 46.0 Å². The maximum atomic E-state index is 2.43. The Morgan fingerprint density at radius 2 is 1.81 bits per heavy atom. The molecule has 0 unspecified atom stereocenters. The van der Waals surface area contributed by atoms with Gasteiger partial charge in [-0.15, -0.1) is 0 Å². The Kier molecular flexibility index (Phi) is 3.48. The molecule has 2 aliphatic carbocycles. The smallest absolute Gasteiger partial charge is 0.0317 e. The molecule has 0 saturated heterocycles. The van der Waals surface area contributed by atoms with Crippen LogP contribution in [0.4, 0.5) is 0 Å². The van der Waals surface area contributed by atoms with Crippen molar-refractivity contribution in [2.75, 3.05) is 0 Å². The fourth-order valence-corrected chi connectivity index (χ4v) is 2.96. The first-order valence-electron chi connectivity index (χ1n) is 6.59. The molecule has 16 heavy (non-hydrogen) atoms. The number of allylic oxidation sites excluding steroid dienone is 8. The molecule has 0 radical (unpaired) electrons. The van der Waals surface area contributed by atoms with Crippen molar-refractivity contribution in [3.63, 3.8) is 0 Å². The number of hydrogen-bond donors (Lipinski definition) is 0. The normalized spacial score (nSPS) is 21.4. The van der Waals surface area contributed by atoms with Crippen LogP contribution in [0.15, 0.2) is 47.6 Å². The van der Waals surface area contributed by atoms with Crippen LogP contribution in [0.25, 0.3) is 0 Å². The van der Waals surface area contributed by atoms with Gasteiger partial charge in [-0.25, -0.2) is 0 Å². The van der Waals surface area contributed by atoms with Crippen LogP contribution in [0.1, 0.15) is 46.0 Å². The summed E-state index contributed by atoms with van der Waals surface area (Å²) in [5, 5.41) is 0. The third-order valence-corrected chi connectivity index (χ3v) is 3.62. The van der Waals surface area contributed by atoms with Gasteiger partial charge in [-0.1, -0.05) is 63.1 Å². The van der Waals surface area contributed by atoms with E-state index in [1.165, 1.54) is 25.7 Å². The zero-order valence-corrected chi connectivity index (χ0v) is 10.5. The summed E-state index contributed by atoms with van der Waals surface area (Å²) in [5.74, 6) is 0. The van der Waals surface area contributed by atoms with Gasteiger partial charge < -0.3 is 0 Å². The molecule has 0 fully saturated rings. The van der Waals surface area contributed by atoms with E-state index in [2.05, 4.69) is 50.3 Å². The molecule has 0 aromatic heterocycles. The van der Waals surface area contributed by atoms with Crippen LogP contribution in [-0.4, -0.2) is 0 Å². The van der Waals surface area contributed by atoms with Gasteiger partial charge >= 0.3 is 0 Å². The molecule has 0 amide bonds. The molecule has 0 bridgehead atoms. The lowest BCUT2D eigenvalue weighted by molar-refractivity contribution is 0.530. The highest BCUT2D eigenvalue weighted by molar-refractivity contribution is 5.50. The topological polar surface area (TPSA) is 0 Å². The zero-order valence-electron chi connectivity index (χ0n) is 10.5. The summed E-state index contributed by atoms with van der Waals surface area (Å²) in [4.78, 5) is 0. The average Bonchev–Trinajstić information content (AvgIpc) is 2.88. The number of hydrogen-bond acceptors (Lipinski definition) is 0. The predicted octanol–water partition coefficient (Wildman–Crippen LogP) is 4.96. The van der Waals surface area contributed by atoms with E-state index in [4.69, 9.17) is 0 Å². The summed E-state index contributed by atoms with van der Waals surface area (Å²) in [6.07, 6.45) is 20.1. The zero-order chi connectivity index (χ0) is 11.4. The molecule has 2 rings (SSSR count). The minimum absolute atomic E-state index is 0.228. The van der Waals surface area contributed by atoms with Crippen LogP contribution in [0, 0.1) is 5.41 Å². The summed E-state index contributed by atoms with van der Waals surface area (Å²) < 4.78 is 0. The van der Waals surface area contributed by atoms with E-state index in [1.54, 1.807) is 11.1 Å². The van der Waals surface area contributed by atoms with E-state index < -0.39 is 0 Å². The van der Waals surface area contributed by atoms with Gasteiger partial charge in [-0.05, 0) is 30.4 Å². The fourth-order valence-electron chi connectivity index (χ4n) is 2.96. The lowest BCUT2D eigenvalue weighted by atomic mass is 9.75. The minimum Gasteiger partial charge on any atom is -0.0772 e. The largest absolute Gasteiger partial charge is 0.0772 e. The molecule has 0 saturated carbocycles. The molecular formula is C16H22. The first-order chi connectivity index (χ1) is 7.82. The summed E-state index contributed by atoms with van der Waals surface area (Å²) in [6, 6.07) is 0. The molecule has 0 heterocycles. The second-order valence-electron chi connectivity index (χ2n) is 4.84. The van der Waals surface area contributed by atoms with Gasteiger partial charge in [-0.3, -0.25) is 0 Å². The molecule has 86 valence electrons. The lowest BCUT2D eigenvalue weighted by Crippen LogP contribution is -2.17. The van der Waals surface area contributed by atoms with Crippen molar-refractivity contribution >= 4 is 0 Å². The van der Waals surface area contributed by atoms with Gasteiger partial charge in [0.15, 0.2) is 0 Å². The van der Waals surface area contributed by atoms with Gasteiger partial charge in [0.25, 0.3) is 0 Å². The van der Waals surface area contributed by atoms with Crippen molar-refractivity contribution in [3.8, 4) is 0 Å². The van der Waals surface area contributed by atoms with Crippen LogP contribution in [0.2, 0.25) is 0 Å². The molecule has 0 aromatic carbocycles. The minimum atomic E-state index is 0.228. The quantitative estimate of drug-likeness (QED) is 0.607. The third kappa shape index (κ3) is 1.93. The fraction of sp³-hybridized carbons (Fsp3) is 0.500. The second kappa shape index (κ2) is 4.86. The summed E-state index contributed by atoms with van der Waals surface area (Å²) in [7, 11) is 0. The predicted molar refractivity (Wildman–Crippen MR) is 71.3 cm³/mol. The van der Waals surface area contributed by atoms with Crippen LogP contribution in [0.5, 0.6) is 0 Å². The lowest BCUT2D eigenvalue weighted by Gasteiger charge is -2.29. The van der Waals surface area contributed by atoms with E-state index >= 15 is 0 Å². The van der Waals surface area contributed by atoms with Crippen molar-refractivity contribution in [3.05, 3.63) is 47.6 Å². The molecule has 2 aliphatic rings. The Hall–Kier alpha value is -1.04. The van der Waals surface area contributed by atoms with Crippen LogP contribution in [0.3, 0.4) is 0 Å². The third-order valence-electron chi connectivity index (χ3n) is 3.62. The monoisotopic (exact) mass is 214 g/mol. The van der Waals surface area contributed by atoms with Gasteiger partial charge in [0, 0.05) is 5.41 Å². The Morgan fingerprint density at radius 3 is 2.44 bits per heavy atom. The van der Waals surface area contributed by atoms with E-state index in [0.717, 1.165) is 6.42 Å². The molecular weight excluding hydrogens is 192 g/mol. The van der Waals surface area contributed by atoms with Crippen molar-refractivity contribution < 1.29 is 0 Å². The summed E-state index contributed by atoms with van der Waals surface area (Å²) >= 11 is 0. The standard InChI is InChI=1S/C16H22/c1-3-8-14-9-7-10-15(14)16(11-4-2)12-5-6-13-16/h5-6,9-10,12-13H,3-4,7-8,11H2,1-2H3. The van der Waals surface area contributed by atoms with Crippen molar-refractivity contribution in [2.24, 2.45) is 5.41 Å². The first-order valence-corrected chi connectivity index (χ1v) is 6.59. The maximum Gasteiger partial charge on any atom is 0.0317 e. The van der Waals surface area contributed by atoms with Gasteiger partial charge in [0.2, 0.25) is 0 Å². The molecule has 0 atom stereocenters. The maximum absolute atomic E-state index is 2.43. The van der Waals surface area contributed by atoms with Gasteiger partial charge in [0.1, 0.15) is 0 Å². The first kappa shape index (κ1) is 11.4. The van der Waals surface area contributed by atoms with Crippen LogP contribution >= 0.6 is 0 Å². The molecule has 0 heteroatoms. The highest BCUT2D eigenvalue weighted by Crippen LogP contribution is 2.45. The van der Waals surface area contributed by atoms with Crippen LogP contribution < -0.4 is 0 Å². The summed E-state index contributed by atoms with van der Waals surface area (Å²) in [5.41, 5.74) is 3.40. The Labute approximate surface area is 99.4 Å². The van der Waals surface area contributed by atoms with E-state index in [9.17, 15) is 0 Å². The highest BCUT2D eigenvalue weighted by atomic mass is 14.4. The van der Waals surface area contributed by atoms with Gasteiger partial charge in [-0.2, -0.15) is 0 Å². The molecule has 0 aliphatic heterocycles. The Morgan fingerprint density at radius 1 is 1.06 bits per heavy atom. The average molecular weight is 214 g/mol. The van der Waals surface area contributed by atoms with E-state index in [1.807, 2.05) is 0 Å². The Bertz CT molecular complexity index is 351. The molecule has 0 aromatic rings. The molecule has 0 spiro atoms. The summed E-state index contributed by atoms with van der Waals surface area (Å²) in [6.45, 7) is 4.55. The highest BCUT2D eigenvalue weighted by Gasteiger charge is 2.32. The Balaban J connectivity index is 2.25. The van der Waals surface area contributed by atoms with E-state index in [0.29, 0.717) is 0 Å². The SMILES string of the molecule is CCCC1=CCC=C1C1(CCC)C=CC=C1. The number of rotatable bonds is 5. The van der Waals surface area contributed by atoms with Gasteiger partial charge in [0.05, 0.1) is 0 Å². The van der Waals surface area contributed by atoms with Crippen LogP contribution in [-0.2, 0) is 0 Å². The van der Waals surface area contributed by atoms with Crippen molar-refractivity contribution in [1.29, 1.82) is 0 Å². The second-order valence-corrected chi connectivity index (χ2v) is 4.84. The molecule has 0 nitrogen and oxygen atoms in total. The van der Waals surface area contributed by atoms with Crippen molar-refractivity contribution in [1.82, 2.24) is 0 Å². The van der Waals surface area contributed by atoms with E-state index in [-0.39, 0.29) is 5.41 Å².